The largest absolute Gasteiger partial charge is 0.363 e. The fourth-order valence-electron chi connectivity index (χ4n) is 6.00. The SMILES string of the molecule is CSC1=NCCN1.NCc1cccc2cc(S(=O)(=O)c3ccccc3)ccc12.O=S(=O)(c1ccccc1)c1ccc2c(CNC3=NCCN3)cccc2c1. The fraction of sp³-hybridized carbons (Fsp3) is 0.171. The third-order valence-electron chi connectivity index (χ3n) is 8.79. The fourth-order valence-corrected chi connectivity index (χ4v) is 9.10. The van der Waals surface area contributed by atoms with E-state index < -0.39 is 19.7 Å². The van der Waals surface area contributed by atoms with Gasteiger partial charge in [0.2, 0.25) is 19.7 Å². The lowest BCUT2D eigenvalue weighted by molar-refractivity contribution is 0.594. The molecule has 0 fully saturated rings. The topological polar surface area (TPSA) is 155 Å². The highest BCUT2D eigenvalue weighted by Crippen LogP contribution is 2.28. The lowest BCUT2D eigenvalue weighted by atomic mass is 10.0. The number of thioether (sulfide) groups is 1. The average molecular weight is 779 g/mol. The van der Waals surface area contributed by atoms with E-state index in [2.05, 4.69) is 25.9 Å². The van der Waals surface area contributed by atoms with Crippen molar-refractivity contribution in [3.8, 4) is 0 Å². The third-order valence-corrected chi connectivity index (χ3v) is 13.0. The third kappa shape index (κ3) is 9.11. The lowest BCUT2D eigenvalue weighted by Crippen LogP contribution is -2.33. The van der Waals surface area contributed by atoms with Gasteiger partial charge in [0, 0.05) is 26.2 Å². The van der Waals surface area contributed by atoms with Gasteiger partial charge in [-0.1, -0.05) is 96.7 Å². The monoisotopic (exact) mass is 778 g/mol. The summed E-state index contributed by atoms with van der Waals surface area (Å²) in [6.45, 7) is 4.69. The predicted octanol–water partition coefficient (Wildman–Crippen LogP) is 6.16. The quantitative estimate of drug-likeness (QED) is 0.149. The minimum absolute atomic E-state index is 0.301. The Bertz CT molecular complexity index is 2510. The van der Waals surface area contributed by atoms with Crippen molar-refractivity contribution in [1.29, 1.82) is 0 Å². The van der Waals surface area contributed by atoms with Crippen molar-refractivity contribution >= 4 is 64.1 Å². The highest BCUT2D eigenvalue weighted by molar-refractivity contribution is 8.13. The molecule has 8 rings (SSSR count). The van der Waals surface area contributed by atoms with E-state index in [1.165, 1.54) is 0 Å². The first-order valence-electron chi connectivity index (χ1n) is 17.4. The first-order valence-corrected chi connectivity index (χ1v) is 21.6. The van der Waals surface area contributed by atoms with Crippen molar-refractivity contribution in [2.75, 3.05) is 32.4 Å². The van der Waals surface area contributed by atoms with E-state index in [1.54, 1.807) is 90.6 Å². The van der Waals surface area contributed by atoms with E-state index in [0.29, 0.717) is 32.7 Å². The highest BCUT2D eigenvalue weighted by atomic mass is 32.2. The number of fused-ring (bicyclic) bond motifs is 2. The molecule has 5 N–H and O–H groups in total. The first kappa shape index (κ1) is 38.5. The van der Waals surface area contributed by atoms with Crippen LogP contribution in [-0.4, -0.2) is 60.4 Å². The van der Waals surface area contributed by atoms with Crippen LogP contribution in [0.25, 0.3) is 21.5 Å². The maximum atomic E-state index is 12.8. The summed E-state index contributed by atoms with van der Waals surface area (Å²) < 4.78 is 50.9. The summed E-state index contributed by atoms with van der Waals surface area (Å²) in [6, 6.07) is 39.1. The van der Waals surface area contributed by atoms with Crippen LogP contribution in [0.4, 0.5) is 0 Å². The molecule has 0 aliphatic carbocycles. The van der Waals surface area contributed by atoms with Crippen molar-refractivity contribution in [3.63, 3.8) is 0 Å². The Balaban J connectivity index is 0.000000159. The van der Waals surface area contributed by atoms with Gasteiger partial charge in [0.1, 0.15) is 0 Å². The van der Waals surface area contributed by atoms with Gasteiger partial charge in [-0.3, -0.25) is 9.98 Å². The van der Waals surface area contributed by atoms with Crippen LogP contribution in [0, 0.1) is 0 Å². The van der Waals surface area contributed by atoms with E-state index in [9.17, 15) is 16.8 Å². The van der Waals surface area contributed by atoms with E-state index in [1.807, 2.05) is 60.9 Å². The van der Waals surface area contributed by atoms with Crippen LogP contribution < -0.4 is 21.7 Å². The van der Waals surface area contributed by atoms with Crippen molar-refractivity contribution in [1.82, 2.24) is 16.0 Å². The van der Waals surface area contributed by atoms with Crippen LogP contribution in [-0.2, 0) is 32.8 Å². The Kier molecular flexibility index (Phi) is 12.7. The van der Waals surface area contributed by atoms with Gasteiger partial charge in [-0.2, -0.15) is 0 Å². The lowest BCUT2D eigenvalue weighted by Gasteiger charge is -2.11. The molecule has 278 valence electrons. The molecule has 2 aliphatic heterocycles. The molecule has 2 heterocycles. The van der Waals surface area contributed by atoms with Gasteiger partial charge in [0.25, 0.3) is 0 Å². The molecule has 0 spiro atoms. The maximum absolute atomic E-state index is 12.8. The summed E-state index contributed by atoms with van der Waals surface area (Å²) in [4.78, 5) is 9.67. The van der Waals surface area contributed by atoms with Crippen LogP contribution in [0.5, 0.6) is 0 Å². The zero-order chi connectivity index (χ0) is 38.0. The number of sulfone groups is 2. The molecule has 6 aromatic carbocycles. The molecule has 0 unspecified atom stereocenters. The van der Waals surface area contributed by atoms with Crippen LogP contribution >= 0.6 is 11.8 Å². The van der Waals surface area contributed by atoms with E-state index in [4.69, 9.17) is 5.73 Å². The second kappa shape index (κ2) is 17.7. The minimum atomic E-state index is -3.51. The Labute approximate surface area is 320 Å². The Hall–Kier alpha value is -5.21. The van der Waals surface area contributed by atoms with Crippen LogP contribution in [0.3, 0.4) is 0 Å². The Morgan fingerprint density at radius 3 is 1.59 bits per heavy atom. The number of aliphatic imine (C=N–C) groups is 2. The molecule has 2 aliphatic rings. The zero-order valence-electron chi connectivity index (χ0n) is 29.8. The first-order chi connectivity index (χ1) is 26.2. The van der Waals surface area contributed by atoms with Crippen molar-refractivity contribution in [2.24, 2.45) is 15.7 Å². The average Bonchev–Trinajstić information content (AvgIpc) is 3.96. The second-order valence-corrected chi connectivity index (χ2v) is 17.0. The van der Waals surface area contributed by atoms with Gasteiger partial charge in [-0.25, -0.2) is 16.8 Å². The van der Waals surface area contributed by atoms with Crippen LogP contribution in [0.15, 0.2) is 163 Å². The highest BCUT2D eigenvalue weighted by Gasteiger charge is 2.19. The summed E-state index contributed by atoms with van der Waals surface area (Å²) in [5.74, 6) is 0.810. The van der Waals surface area contributed by atoms with Crippen LogP contribution in [0.1, 0.15) is 11.1 Å². The number of hydrogen-bond acceptors (Lipinski definition) is 11. The standard InChI is InChI=1S/C20H19N3O2S.C17H15NO2S.C4H8N2S/c24-26(25,17-7-2-1-3-8-17)18-9-10-19-15(13-18)5-4-6-16(19)14-23-20-21-11-12-22-20;18-12-14-6-4-5-13-11-16(9-10-17(13)14)21(19,20)15-7-2-1-3-8-15;1-7-4-5-2-3-6-4/h1-10,13H,11-12,14H2,(H2,21,22,23);1-11H,12,18H2;2-3H2,1H3,(H,5,6). The van der Waals surface area contributed by atoms with Crippen LogP contribution in [0.2, 0.25) is 0 Å². The molecule has 0 aromatic heterocycles. The Morgan fingerprint density at radius 2 is 1.13 bits per heavy atom. The van der Waals surface area contributed by atoms with Gasteiger partial charge >= 0.3 is 0 Å². The van der Waals surface area contributed by atoms with E-state index in [0.717, 1.165) is 70.0 Å². The zero-order valence-corrected chi connectivity index (χ0v) is 32.2. The number of amidine groups is 1. The van der Waals surface area contributed by atoms with Crippen molar-refractivity contribution < 1.29 is 16.8 Å². The summed E-state index contributed by atoms with van der Waals surface area (Å²) in [5.41, 5.74) is 7.82. The van der Waals surface area contributed by atoms with Gasteiger partial charge in [0.05, 0.1) is 32.7 Å². The molecule has 0 amide bonds. The van der Waals surface area contributed by atoms with Crippen molar-refractivity contribution in [3.05, 3.63) is 145 Å². The summed E-state index contributed by atoms with van der Waals surface area (Å²) >= 11 is 1.67. The van der Waals surface area contributed by atoms with Gasteiger partial charge in [-0.15, -0.1) is 0 Å². The molecule has 0 bridgehead atoms. The van der Waals surface area contributed by atoms with Gasteiger partial charge in [0.15, 0.2) is 11.1 Å². The summed E-state index contributed by atoms with van der Waals surface area (Å²) in [6.07, 6.45) is 2.02. The molecule has 0 saturated heterocycles. The second-order valence-electron chi connectivity index (χ2n) is 12.3. The Morgan fingerprint density at radius 1 is 0.611 bits per heavy atom. The minimum Gasteiger partial charge on any atom is -0.363 e. The van der Waals surface area contributed by atoms with Crippen molar-refractivity contribution in [2.45, 2.75) is 32.7 Å². The molecule has 54 heavy (non-hydrogen) atoms. The number of benzene rings is 6. The molecular weight excluding hydrogens is 737 g/mol. The smallest absolute Gasteiger partial charge is 0.206 e. The van der Waals surface area contributed by atoms with E-state index in [-0.39, 0.29) is 0 Å². The van der Waals surface area contributed by atoms with E-state index >= 15 is 0 Å². The number of nitrogens with one attached hydrogen (secondary N) is 3. The molecule has 13 heteroatoms. The normalized spacial score (nSPS) is 13.7. The number of nitrogens with zero attached hydrogens (tertiary/aromatic N) is 2. The number of rotatable bonds is 7. The summed E-state index contributed by atoms with van der Waals surface area (Å²) in [7, 11) is -6.99. The molecule has 0 saturated carbocycles. The molecule has 0 radical (unpaired) electrons. The predicted molar refractivity (Wildman–Crippen MR) is 221 cm³/mol. The van der Waals surface area contributed by atoms with Gasteiger partial charge in [-0.05, 0) is 87.5 Å². The number of hydrogen-bond donors (Lipinski definition) is 4. The summed E-state index contributed by atoms with van der Waals surface area (Å²) in [5, 5.41) is 14.5. The number of nitrogens with two attached hydrogens (primary N) is 1. The molecule has 6 aromatic rings. The number of guanidine groups is 1. The molecular formula is C41H42N6O4S3. The van der Waals surface area contributed by atoms with Gasteiger partial charge < -0.3 is 21.7 Å². The molecule has 10 nitrogen and oxygen atoms in total. The maximum Gasteiger partial charge on any atom is 0.206 e. The molecule has 0 atom stereocenters.